The van der Waals surface area contributed by atoms with Gasteiger partial charge in [-0.15, -0.1) is 11.3 Å². The van der Waals surface area contributed by atoms with E-state index in [-0.39, 0.29) is 15.8 Å². The number of hydrogen-bond donors (Lipinski definition) is 0. The lowest BCUT2D eigenvalue weighted by Crippen LogP contribution is -2.02. The second kappa shape index (κ2) is 4.88. The molecule has 0 saturated heterocycles. The number of benzene rings is 1. The topological polar surface area (TPSA) is 17.1 Å². The van der Waals surface area contributed by atoms with Gasteiger partial charge in [-0.25, -0.2) is 4.39 Å². The minimum atomic E-state index is -0.542. The molecule has 0 aliphatic rings. The quantitative estimate of drug-likeness (QED) is 0.719. The molecule has 1 nitrogen and oxygen atoms in total. The maximum absolute atomic E-state index is 13.7. The van der Waals surface area contributed by atoms with Gasteiger partial charge in [-0.2, -0.15) is 0 Å². The smallest absolute Gasteiger partial charge is 0.205 e. The van der Waals surface area contributed by atoms with Crippen LogP contribution in [-0.4, -0.2) is 5.78 Å². The van der Waals surface area contributed by atoms with Gasteiger partial charge >= 0.3 is 0 Å². The first kappa shape index (κ1) is 12.7. The molecule has 0 aliphatic heterocycles. The van der Waals surface area contributed by atoms with E-state index >= 15 is 0 Å². The number of carbonyl (C=O) groups excluding carboxylic acids is 1. The van der Waals surface area contributed by atoms with E-state index in [0.29, 0.717) is 9.21 Å². The number of ketones is 1. The summed E-state index contributed by atoms with van der Waals surface area (Å²) in [5.41, 5.74) is 0.882. The molecular weight excluding hydrogens is 327 g/mol. The van der Waals surface area contributed by atoms with Crippen molar-refractivity contribution in [1.82, 2.24) is 0 Å². The lowest BCUT2D eigenvalue weighted by atomic mass is 10.1. The van der Waals surface area contributed by atoms with Crippen LogP contribution in [0.25, 0.3) is 0 Å². The molecule has 0 saturated carbocycles. The summed E-state index contributed by atoms with van der Waals surface area (Å²) in [5, 5.41) is 0. The average Bonchev–Trinajstić information content (AvgIpc) is 2.62. The molecule has 0 aliphatic carbocycles. The van der Waals surface area contributed by atoms with Crippen LogP contribution in [0.1, 0.15) is 20.8 Å². The van der Waals surface area contributed by atoms with Crippen molar-refractivity contribution in [2.45, 2.75) is 6.92 Å². The summed E-state index contributed by atoms with van der Waals surface area (Å²) in [5.74, 6) is -0.886. The van der Waals surface area contributed by atoms with Crippen LogP contribution in [0.4, 0.5) is 4.39 Å². The monoisotopic (exact) mass is 332 g/mol. The van der Waals surface area contributed by atoms with Crippen molar-refractivity contribution >= 4 is 44.7 Å². The molecule has 0 spiro atoms. The third-order valence-electron chi connectivity index (χ3n) is 2.28. The molecule has 1 aromatic heterocycles. The van der Waals surface area contributed by atoms with Crippen LogP contribution in [0.3, 0.4) is 0 Å². The Bertz CT molecular complexity index is 575. The molecule has 0 atom stereocenters. The average molecular weight is 334 g/mol. The fourth-order valence-electron chi connectivity index (χ4n) is 1.38. The summed E-state index contributed by atoms with van der Waals surface area (Å²) in [4.78, 5) is 12.5. The van der Waals surface area contributed by atoms with Crippen LogP contribution in [0.5, 0.6) is 0 Å². The molecule has 0 amide bonds. The fraction of sp³-hybridized carbons (Fsp3) is 0.0833. The lowest BCUT2D eigenvalue weighted by Gasteiger charge is -2.01. The molecule has 1 heterocycles. The molecule has 0 fully saturated rings. The predicted octanol–water partition coefficient (Wildman–Crippen LogP) is 4.84. The van der Waals surface area contributed by atoms with E-state index in [0.717, 1.165) is 5.56 Å². The van der Waals surface area contributed by atoms with Crippen LogP contribution in [-0.2, 0) is 0 Å². The van der Waals surface area contributed by atoms with Crippen molar-refractivity contribution in [3.8, 4) is 0 Å². The van der Waals surface area contributed by atoms with Gasteiger partial charge in [0, 0.05) is 0 Å². The summed E-state index contributed by atoms with van der Waals surface area (Å²) in [6, 6.07) is 6.32. The molecule has 2 rings (SSSR count). The van der Waals surface area contributed by atoms with Gasteiger partial charge in [0.15, 0.2) is 0 Å². The Kier molecular flexibility index (Phi) is 3.66. The summed E-state index contributed by atoms with van der Waals surface area (Å²) >= 11 is 10.1. The largest absolute Gasteiger partial charge is 0.288 e. The van der Waals surface area contributed by atoms with Gasteiger partial charge in [0.25, 0.3) is 0 Å². The summed E-state index contributed by atoms with van der Waals surface area (Å²) in [6.07, 6.45) is 0. The van der Waals surface area contributed by atoms with Gasteiger partial charge in [-0.3, -0.25) is 4.79 Å². The van der Waals surface area contributed by atoms with E-state index in [4.69, 9.17) is 11.6 Å². The Morgan fingerprint density at radius 3 is 2.76 bits per heavy atom. The second-order valence-electron chi connectivity index (χ2n) is 3.50. The van der Waals surface area contributed by atoms with Gasteiger partial charge < -0.3 is 0 Å². The highest BCUT2D eigenvalue weighted by atomic mass is 79.9. The van der Waals surface area contributed by atoms with Gasteiger partial charge in [-0.05, 0) is 46.6 Å². The molecule has 2 aromatic rings. The van der Waals surface area contributed by atoms with Gasteiger partial charge in [0.1, 0.15) is 5.82 Å². The Morgan fingerprint density at radius 1 is 1.47 bits per heavy atom. The summed E-state index contributed by atoms with van der Waals surface area (Å²) in [6.45, 7) is 1.81. The highest BCUT2D eigenvalue weighted by molar-refractivity contribution is 9.10. The first-order chi connectivity index (χ1) is 8.00. The Hall–Kier alpha value is -0.710. The number of carbonyl (C=O) groups is 1. The zero-order valence-electron chi connectivity index (χ0n) is 8.76. The minimum absolute atomic E-state index is 0.0530. The van der Waals surface area contributed by atoms with Crippen molar-refractivity contribution in [3.63, 3.8) is 0 Å². The Morgan fingerprint density at radius 2 is 2.18 bits per heavy atom. The fourth-order valence-corrected chi connectivity index (χ4v) is 2.91. The normalized spacial score (nSPS) is 10.6. The molecular formula is C12H7BrClFOS. The number of rotatable bonds is 2. The third kappa shape index (κ3) is 2.44. The molecule has 0 radical (unpaired) electrons. The molecule has 1 aromatic carbocycles. The maximum Gasteiger partial charge on any atom is 0.205 e. The van der Waals surface area contributed by atoms with E-state index in [2.05, 4.69) is 15.9 Å². The van der Waals surface area contributed by atoms with Gasteiger partial charge in [-0.1, -0.05) is 17.7 Å². The van der Waals surface area contributed by atoms with Crippen molar-refractivity contribution in [3.05, 3.63) is 54.9 Å². The molecule has 17 heavy (non-hydrogen) atoms. The van der Waals surface area contributed by atoms with Crippen molar-refractivity contribution < 1.29 is 9.18 Å². The van der Waals surface area contributed by atoms with E-state index in [1.165, 1.54) is 17.4 Å². The van der Waals surface area contributed by atoms with Gasteiger partial charge in [0.05, 0.1) is 19.2 Å². The predicted molar refractivity (Wildman–Crippen MR) is 71.6 cm³/mol. The van der Waals surface area contributed by atoms with E-state index in [1.807, 2.05) is 6.92 Å². The third-order valence-corrected chi connectivity index (χ3v) is 4.44. The molecule has 0 unspecified atom stereocenters. The van der Waals surface area contributed by atoms with Crippen molar-refractivity contribution in [2.75, 3.05) is 0 Å². The number of thiophene rings is 1. The summed E-state index contributed by atoms with van der Waals surface area (Å²) in [7, 11) is 0. The minimum Gasteiger partial charge on any atom is -0.288 e. The second-order valence-corrected chi connectivity index (χ2v) is 6.01. The molecule has 88 valence electrons. The lowest BCUT2D eigenvalue weighted by molar-refractivity contribution is 0.103. The number of aryl methyl sites for hydroxylation is 1. The first-order valence-electron chi connectivity index (χ1n) is 4.75. The van der Waals surface area contributed by atoms with E-state index < -0.39 is 5.82 Å². The summed E-state index contributed by atoms with van der Waals surface area (Å²) < 4.78 is 14.6. The molecule has 0 N–H and O–H groups in total. The van der Waals surface area contributed by atoms with Crippen molar-refractivity contribution in [2.24, 2.45) is 0 Å². The van der Waals surface area contributed by atoms with Crippen molar-refractivity contribution in [1.29, 1.82) is 0 Å². The SMILES string of the molecule is Cc1cc(C(=O)c2cccc(Br)c2F)sc1Cl. The standard InChI is InChI=1S/C12H7BrClFOS/c1-6-5-9(17-12(6)14)11(16)7-3-2-4-8(13)10(7)15/h2-5H,1H3. The van der Waals surface area contributed by atoms with Crippen LogP contribution in [0, 0.1) is 12.7 Å². The van der Waals surface area contributed by atoms with Crippen LogP contribution in [0.15, 0.2) is 28.7 Å². The maximum atomic E-state index is 13.7. The molecule has 0 bridgehead atoms. The Labute approximate surface area is 115 Å². The van der Waals surface area contributed by atoms with Crippen LogP contribution in [0.2, 0.25) is 4.34 Å². The highest BCUT2D eigenvalue weighted by Crippen LogP contribution is 2.30. The number of halogens is 3. The van der Waals surface area contributed by atoms with E-state index in [9.17, 15) is 9.18 Å². The highest BCUT2D eigenvalue weighted by Gasteiger charge is 2.18. The Balaban J connectivity index is 2.47. The first-order valence-corrected chi connectivity index (χ1v) is 6.74. The molecule has 5 heteroatoms. The van der Waals surface area contributed by atoms with E-state index in [1.54, 1.807) is 18.2 Å². The number of hydrogen-bond acceptors (Lipinski definition) is 2. The van der Waals surface area contributed by atoms with Gasteiger partial charge in [0.2, 0.25) is 5.78 Å². The zero-order chi connectivity index (χ0) is 12.6. The van der Waals surface area contributed by atoms with Crippen LogP contribution < -0.4 is 0 Å². The zero-order valence-corrected chi connectivity index (χ0v) is 11.9. The van der Waals surface area contributed by atoms with Crippen LogP contribution >= 0.6 is 38.9 Å².